The number of carbonyl (C=O) groups is 2. The summed E-state index contributed by atoms with van der Waals surface area (Å²) in [5.41, 5.74) is 2.17. The van der Waals surface area contributed by atoms with Gasteiger partial charge in [-0.3, -0.25) is 9.59 Å². The van der Waals surface area contributed by atoms with Crippen LogP contribution in [0.4, 0.5) is 4.39 Å². The molecule has 1 aliphatic heterocycles. The molecule has 8 heteroatoms. The molecule has 4 rings (SSSR count). The molecule has 0 bridgehead atoms. The van der Waals surface area contributed by atoms with E-state index < -0.39 is 0 Å². The Bertz CT molecular complexity index is 1070. The Hall–Kier alpha value is -3.81. The SMILES string of the molecule is O=C(/C=C/c1cn(Cc2ccccc2)nn1)N1CCN(C(=O)c2ccc(F)cc2)CC1. The molecule has 0 N–H and O–H groups in total. The molecule has 31 heavy (non-hydrogen) atoms. The fraction of sp³-hybridized carbons (Fsp3) is 0.217. The molecule has 0 saturated carbocycles. The van der Waals surface area contributed by atoms with Crippen LogP contribution in [0.2, 0.25) is 0 Å². The van der Waals surface area contributed by atoms with E-state index in [1.807, 2.05) is 30.3 Å². The number of benzene rings is 2. The van der Waals surface area contributed by atoms with Crippen molar-refractivity contribution >= 4 is 17.9 Å². The number of nitrogens with zero attached hydrogens (tertiary/aromatic N) is 5. The van der Waals surface area contributed by atoms with Crippen LogP contribution in [0.3, 0.4) is 0 Å². The molecule has 2 amide bonds. The molecule has 1 aliphatic rings. The van der Waals surface area contributed by atoms with Crippen LogP contribution in [0.25, 0.3) is 6.08 Å². The van der Waals surface area contributed by atoms with E-state index in [4.69, 9.17) is 0 Å². The van der Waals surface area contributed by atoms with Gasteiger partial charge in [0.25, 0.3) is 5.91 Å². The first-order chi connectivity index (χ1) is 15.1. The van der Waals surface area contributed by atoms with Gasteiger partial charge in [-0.15, -0.1) is 5.10 Å². The van der Waals surface area contributed by atoms with E-state index >= 15 is 0 Å². The Balaban J connectivity index is 1.28. The Morgan fingerprint density at radius 3 is 2.32 bits per heavy atom. The quantitative estimate of drug-likeness (QED) is 0.596. The lowest BCUT2D eigenvalue weighted by atomic mass is 10.1. The zero-order valence-corrected chi connectivity index (χ0v) is 16.9. The van der Waals surface area contributed by atoms with Crippen LogP contribution in [0.5, 0.6) is 0 Å². The lowest BCUT2D eigenvalue weighted by Gasteiger charge is -2.34. The summed E-state index contributed by atoms with van der Waals surface area (Å²) in [4.78, 5) is 28.4. The maximum absolute atomic E-state index is 13.0. The van der Waals surface area contributed by atoms with Gasteiger partial charge in [-0.2, -0.15) is 0 Å². The van der Waals surface area contributed by atoms with E-state index in [2.05, 4.69) is 10.3 Å². The summed E-state index contributed by atoms with van der Waals surface area (Å²) in [5.74, 6) is -0.664. The van der Waals surface area contributed by atoms with Crippen LogP contribution in [0, 0.1) is 5.82 Å². The fourth-order valence-electron chi connectivity index (χ4n) is 3.40. The highest BCUT2D eigenvalue weighted by Crippen LogP contribution is 2.11. The topological polar surface area (TPSA) is 71.3 Å². The van der Waals surface area contributed by atoms with Gasteiger partial charge in [0, 0.05) is 37.8 Å². The molecule has 2 heterocycles. The number of piperazine rings is 1. The van der Waals surface area contributed by atoms with E-state index in [0.29, 0.717) is 44.0 Å². The van der Waals surface area contributed by atoms with Crippen molar-refractivity contribution in [2.45, 2.75) is 6.54 Å². The average Bonchev–Trinajstić information content (AvgIpc) is 3.25. The molecular weight excluding hydrogens is 397 g/mol. The molecule has 158 valence electrons. The molecule has 1 saturated heterocycles. The summed E-state index contributed by atoms with van der Waals surface area (Å²) in [5, 5.41) is 8.17. The molecular formula is C23H22FN5O2. The lowest BCUT2D eigenvalue weighted by Crippen LogP contribution is -2.50. The number of amides is 2. The standard InChI is InChI=1S/C23H22FN5O2/c24-20-8-6-19(7-9-20)23(31)28-14-12-27(13-15-28)22(30)11-10-21-17-29(26-25-21)16-18-4-2-1-3-5-18/h1-11,17H,12-16H2/b11-10+. The maximum atomic E-state index is 13.0. The molecule has 0 radical (unpaired) electrons. The Morgan fingerprint density at radius 2 is 1.61 bits per heavy atom. The predicted octanol–water partition coefficient (Wildman–Crippen LogP) is 2.46. The maximum Gasteiger partial charge on any atom is 0.253 e. The van der Waals surface area contributed by atoms with Gasteiger partial charge in [0.1, 0.15) is 11.5 Å². The Labute approximate surface area is 179 Å². The smallest absolute Gasteiger partial charge is 0.253 e. The third-order valence-corrected chi connectivity index (χ3v) is 5.11. The summed E-state index contributed by atoms with van der Waals surface area (Å²) >= 11 is 0. The van der Waals surface area contributed by atoms with E-state index in [1.54, 1.807) is 26.8 Å². The summed E-state index contributed by atoms with van der Waals surface area (Å²) in [6.07, 6.45) is 4.91. The van der Waals surface area contributed by atoms with Crippen LogP contribution in [0.15, 0.2) is 66.9 Å². The van der Waals surface area contributed by atoms with Gasteiger partial charge in [0.15, 0.2) is 0 Å². The molecule has 1 aromatic heterocycles. The van der Waals surface area contributed by atoms with Crippen LogP contribution >= 0.6 is 0 Å². The summed E-state index contributed by atoms with van der Waals surface area (Å²) in [7, 11) is 0. The Kier molecular flexibility index (Phi) is 6.16. The number of halogens is 1. The van der Waals surface area contributed by atoms with Crippen LogP contribution in [-0.4, -0.2) is 62.8 Å². The molecule has 0 spiro atoms. The summed E-state index contributed by atoms with van der Waals surface area (Å²) < 4.78 is 14.8. The summed E-state index contributed by atoms with van der Waals surface area (Å²) in [6.45, 7) is 2.36. The van der Waals surface area contributed by atoms with Crippen molar-refractivity contribution in [1.82, 2.24) is 24.8 Å². The van der Waals surface area contributed by atoms with Gasteiger partial charge in [-0.05, 0) is 35.9 Å². The molecule has 3 aromatic rings. The first-order valence-corrected chi connectivity index (χ1v) is 10.0. The molecule has 0 aliphatic carbocycles. The van der Waals surface area contributed by atoms with Crippen molar-refractivity contribution in [3.63, 3.8) is 0 Å². The molecule has 2 aromatic carbocycles. The van der Waals surface area contributed by atoms with Crippen LogP contribution < -0.4 is 0 Å². The number of aromatic nitrogens is 3. The summed E-state index contributed by atoms with van der Waals surface area (Å²) in [6, 6.07) is 15.4. The largest absolute Gasteiger partial charge is 0.336 e. The van der Waals surface area contributed by atoms with Gasteiger partial charge >= 0.3 is 0 Å². The first kappa shape index (κ1) is 20.5. The van der Waals surface area contributed by atoms with Gasteiger partial charge in [0.2, 0.25) is 5.91 Å². The van der Waals surface area contributed by atoms with Crippen molar-refractivity contribution in [2.75, 3.05) is 26.2 Å². The van der Waals surface area contributed by atoms with E-state index in [0.717, 1.165) is 5.56 Å². The molecule has 0 unspecified atom stereocenters. The third-order valence-electron chi connectivity index (χ3n) is 5.11. The molecule has 7 nitrogen and oxygen atoms in total. The lowest BCUT2D eigenvalue weighted by molar-refractivity contribution is -0.127. The van der Waals surface area contributed by atoms with Gasteiger partial charge in [-0.1, -0.05) is 35.5 Å². The first-order valence-electron chi connectivity index (χ1n) is 10.0. The van der Waals surface area contributed by atoms with Crippen molar-refractivity contribution < 1.29 is 14.0 Å². The van der Waals surface area contributed by atoms with Crippen LogP contribution in [0.1, 0.15) is 21.6 Å². The minimum absolute atomic E-state index is 0.133. The predicted molar refractivity (Wildman–Crippen MR) is 113 cm³/mol. The molecule has 1 fully saturated rings. The molecule has 0 atom stereocenters. The van der Waals surface area contributed by atoms with E-state index in [1.165, 1.54) is 30.3 Å². The normalized spacial score (nSPS) is 14.2. The van der Waals surface area contributed by atoms with Crippen LogP contribution in [-0.2, 0) is 11.3 Å². The minimum atomic E-state index is -0.376. The second kappa shape index (κ2) is 9.34. The highest BCUT2D eigenvalue weighted by Gasteiger charge is 2.23. The van der Waals surface area contributed by atoms with Crippen molar-refractivity contribution in [2.24, 2.45) is 0 Å². The monoisotopic (exact) mass is 419 g/mol. The van der Waals surface area contributed by atoms with Crippen molar-refractivity contribution in [3.05, 3.63) is 89.5 Å². The van der Waals surface area contributed by atoms with Gasteiger partial charge < -0.3 is 9.80 Å². The highest BCUT2D eigenvalue weighted by atomic mass is 19.1. The van der Waals surface area contributed by atoms with E-state index in [9.17, 15) is 14.0 Å². The average molecular weight is 419 g/mol. The number of hydrogen-bond acceptors (Lipinski definition) is 4. The Morgan fingerprint density at radius 1 is 0.935 bits per heavy atom. The van der Waals surface area contributed by atoms with E-state index in [-0.39, 0.29) is 17.6 Å². The van der Waals surface area contributed by atoms with Crippen molar-refractivity contribution in [1.29, 1.82) is 0 Å². The zero-order chi connectivity index (χ0) is 21.6. The zero-order valence-electron chi connectivity index (χ0n) is 16.9. The van der Waals surface area contributed by atoms with Crippen molar-refractivity contribution in [3.8, 4) is 0 Å². The highest BCUT2D eigenvalue weighted by molar-refractivity contribution is 5.95. The second-order valence-electron chi connectivity index (χ2n) is 7.28. The van der Waals surface area contributed by atoms with Gasteiger partial charge in [0.05, 0.1) is 12.7 Å². The number of rotatable bonds is 5. The number of hydrogen-bond donors (Lipinski definition) is 0. The number of carbonyl (C=O) groups excluding carboxylic acids is 2. The fourth-order valence-corrected chi connectivity index (χ4v) is 3.40. The second-order valence-corrected chi connectivity index (χ2v) is 7.28. The third kappa shape index (κ3) is 5.22. The minimum Gasteiger partial charge on any atom is -0.336 e. The van der Waals surface area contributed by atoms with Gasteiger partial charge in [-0.25, -0.2) is 9.07 Å².